The number of aliphatic carboxylic acids is 3. The van der Waals surface area contributed by atoms with Gasteiger partial charge in [-0.25, -0.2) is 28.1 Å². The van der Waals surface area contributed by atoms with Crippen LogP contribution in [0.25, 0.3) is 0 Å². The van der Waals surface area contributed by atoms with Crippen molar-refractivity contribution in [1.29, 1.82) is 0 Å². The predicted octanol–water partition coefficient (Wildman–Crippen LogP) is -3.16. The van der Waals surface area contributed by atoms with Gasteiger partial charge in [-0.05, 0) is 0 Å². The minimum atomic E-state index is -5.61. The first-order valence-electron chi connectivity index (χ1n) is 8.93. The van der Waals surface area contributed by atoms with E-state index in [1.54, 1.807) is 0 Å². The van der Waals surface area contributed by atoms with Gasteiger partial charge in [0.05, 0.1) is 0 Å². The van der Waals surface area contributed by atoms with Crippen molar-refractivity contribution in [3.05, 3.63) is 0 Å². The average molecular weight is 594 g/mol. The fraction of sp³-hybridized carbons (Fsp3) is 0.750. The predicted molar refractivity (Wildman–Crippen MR) is 103 cm³/mol. The van der Waals surface area contributed by atoms with Crippen LogP contribution in [0.1, 0.15) is 0 Å². The van der Waals surface area contributed by atoms with Crippen molar-refractivity contribution in [1.82, 2.24) is 0 Å². The third-order valence-corrected chi connectivity index (χ3v) is 6.73. The van der Waals surface area contributed by atoms with Crippen LogP contribution in [-0.4, -0.2) is 120 Å². The Morgan fingerprint density at radius 3 is 1.03 bits per heavy atom. The summed E-state index contributed by atoms with van der Waals surface area (Å²) < 4.78 is 62.0. The topological polar surface area (TPSA) is 340 Å². The molecule has 9 atom stereocenters. The van der Waals surface area contributed by atoms with E-state index in [0.717, 1.165) is 0 Å². The Labute approximate surface area is 199 Å². The van der Waals surface area contributed by atoms with Crippen LogP contribution in [0.5, 0.6) is 0 Å². The molecule has 0 amide bonds. The third-order valence-electron chi connectivity index (χ3n) is 3.84. The van der Waals surface area contributed by atoms with Crippen molar-refractivity contribution in [2.45, 2.75) is 36.6 Å². The molecule has 24 heteroatoms. The zero-order valence-electron chi connectivity index (χ0n) is 17.4. The molecule has 0 spiro atoms. The van der Waals surface area contributed by atoms with Crippen LogP contribution in [0.2, 0.25) is 0 Å². The molecule has 9 N–H and O–H groups in total. The summed E-state index contributed by atoms with van der Waals surface area (Å²) in [4.78, 5) is 60.9. The molecule has 1 rings (SSSR count). The van der Waals surface area contributed by atoms with E-state index in [1.807, 2.05) is 0 Å². The van der Waals surface area contributed by atoms with E-state index in [0.29, 0.717) is 0 Å². The lowest BCUT2D eigenvalue weighted by molar-refractivity contribution is -0.214. The van der Waals surface area contributed by atoms with Gasteiger partial charge in [-0.2, -0.15) is 0 Å². The molecule has 36 heavy (non-hydrogen) atoms. The fourth-order valence-electron chi connectivity index (χ4n) is 2.49. The SMILES string of the molecule is O=C(O)COP(=O)(O)OC1[C@@H](OP(=O)(O)OCC(=O)O)[C@H](O)C(O)[C@H](O)[C@@H]1OP(=O)(O)OCC(=O)O. The largest absolute Gasteiger partial charge is 0.480 e. The van der Waals surface area contributed by atoms with E-state index in [2.05, 4.69) is 27.1 Å². The molecule has 0 heterocycles. The second-order valence-corrected chi connectivity index (χ2v) is 10.8. The lowest BCUT2D eigenvalue weighted by atomic mass is 9.85. The minimum absolute atomic E-state index is 1.47. The first-order chi connectivity index (χ1) is 16.3. The maximum atomic E-state index is 12.2. The van der Waals surface area contributed by atoms with Gasteiger partial charge in [0.1, 0.15) is 36.6 Å². The highest BCUT2D eigenvalue weighted by atomic mass is 31.2. The molecule has 0 bridgehead atoms. The van der Waals surface area contributed by atoms with Gasteiger partial charge in [0.2, 0.25) is 0 Å². The van der Waals surface area contributed by atoms with Crippen molar-refractivity contribution in [3.63, 3.8) is 0 Å². The Morgan fingerprint density at radius 1 is 0.528 bits per heavy atom. The summed E-state index contributed by atoms with van der Waals surface area (Å²) in [5.74, 6) is -5.39. The van der Waals surface area contributed by atoms with Gasteiger partial charge in [-0.3, -0.25) is 27.1 Å². The smallest absolute Gasteiger partial charge is 0.473 e. The van der Waals surface area contributed by atoms with E-state index in [1.165, 1.54) is 0 Å². The Kier molecular flexibility index (Phi) is 11.7. The average Bonchev–Trinajstić information content (AvgIpc) is 2.74. The van der Waals surface area contributed by atoms with Gasteiger partial charge < -0.3 is 45.3 Å². The van der Waals surface area contributed by atoms with Gasteiger partial charge in [-0.15, -0.1) is 0 Å². The molecular formula is C12H21O21P3. The molecule has 210 valence electrons. The molecule has 0 aliphatic heterocycles. The number of aliphatic hydroxyl groups excluding tert-OH is 3. The van der Waals surface area contributed by atoms with Crippen LogP contribution >= 0.6 is 23.5 Å². The van der Waals surface area contributed by atoms with Gasteiger partial charge in [0, 0.05) is 0 Å². The quantitative estimate of drug-likeness (QED) is 0.0845. The van der Waals surface area contributed by atoms with Crippen LogP contribution in [0.15, 0.2) is 0 Å². The van der Waals surface area contributed by atoms with E-state index < -0.39 is 97.8 Å². The van der Waals surface area contributed by atoms with Crippen LogP contribution in [-0.2, 0) is 55.2 Å². The van der Waals surface area contributed by atoms with Crippen LogP contribution in [0, 0.1) is 0 Å². The van der Waals surface area contributed by atoms with Gasteiger partial charge in [0.25, 0.3) is 0 Å². The maximum absolute atomic E-state index is 12.2. The summed E-state index contributed by atoms with van der Waals surface area (Å²) in [5, 5.41) is 56.1. The summed E-state index contributed by atoms with van der Waals surface area (Å²) >= 11 is 0. The monoisotopic (exact) mass is 594 g/mol. The Morgan fingerprint density at radius 2 is 0.778 bits per heavy atom. The highest BCUT2D eigenvalue weighted by Gasteiger charge is 2.57. The molecule has 1 fully saturated rings. The zero-order chi connectivity index (χ0) is 28.1. The Bertz CT molecular complexity index is 896. The number of phosphoric ester groups is 3. The van der Waals surface area contributed by atoms with Crippen molar-refractivity contribution in [2.75, 3.05) is 19.8 Å². The van der Waals surface area contributed by atoms with Crippen LogP contribution < -0.4 is 0 Å². The molecule has 1 saturated carbocycles. The first kappa shape index (κ1) is 32.6. The summed E-state index contributed by atoms with van der Waals surface area (Å²) in [7, 11) is -16.7. The van der Waals surface area contributed by atoms with Crippen molar-refractivity contribution >= 4 is 41.4 Å². The Balaban J connectivity index is 3.42. The van der Waals surface area contributed by atoms with E-state index in [9.17, 15) is 58.1 Å². The molecule has 0 radical (unpaired) electrons. The number of rotatable bonds is 15. The molecule has 1 aliphatic rings. The number of carboxylic acid groups (broad SMARTS) is 3. The second kappa shape index (κ2) is 12.9. The zero-order valence-corrected chi connectivity index (χ0v) is 20.0. The molecular weight excluding hydrogens is 573 g/mol. The minimum Gasteiger partial charge on any atom is -0.480 e. The molecule has 0 saturated heterocycles. The maximum Gasteiger partial charge on any atom is 0.473 e. The summed E-state index contributed by atoms with van der Waals surface area (Å²) in [5.41, 5.74) is 0. The first-order valence-corrected chi connectivity index (χ1v) is 13.4. The van der Waals surface area contributed by atoms with Crippen molar-refractivity contribution in [2.24, 2.45) is 0 Å². The van der Waals surface area contributed by atoms with E-state index in [-0.39, 0.29) is 0 Å². The highest BCUT2D eigenvalue weighted by Crippen LogP contribution is 2.54. The third kappa shape index (κ3) is 10.5. The number of hydrogen-bond donors (Lipinski definition) is 9. The van der Waals surface area contributed by atoms with Crippen LogP contribution in [0.4, 0.5) is 0 Å². The molecule has 0 aromatic carbocycles. The molecule has 1 aliphatic carbocycles. The molecule has 0 aromatic heterocycles. The normalized spacial score (nSPS) is 31.5. The van der Waals surface area contributed by atoms with Gasteiger partial charge >= 0.3 is 41.4 Å². The van der Waals surface area contributed by atoms with Gasteiger partial charge in [-0.1, -0.05) is 0 Å². The fourth-order valence-corrected chi connectivity index (χ4v) is 5.15. The molecule has 0 aromatic rings. The number of aliphatic hydroxyl groups is 3. The number of phosphoric acid groups is 3. The second-order valence-electron chi connectivity index (χ2n) is 6.59. The lowest BCUT2D eigenvalue weighted by Crippen LogP contribution is -2.65. The van der Waals surface area contributed by atoms with E-state index >= 15 is 0 Å². The summed E-state index contributed by atoms with van der Waals surface area (Å²) in [6.07, 6.45) is -15.6. The summed E-state index contributed by atoms with van der Waals surface area (Å²) in [6, 6.07) is 0. The number of hydrogen-bond acceptors (Lipinski definition) is 15. The van der Waals surface area contributed by atoms with Crippen molar-refractivity contribution in [3.8, 4) is 0 Å². The van der Waals surface area contributed by atoms with E-state index in [4.69, 9.17) is 15.3 Å². The number of carbonyl (C=O) groups is 3. The summed E-state index contributed by atoms with van der Waals surface area (Å²) in [6.45, 7) is -4.43. The molecule has 21 nitrogen and oxygen atoms in total. The Hall–Kier alpha value is -1.38. The standard InChI is InChI=1S/C12H21O21P3/c13-4(14)1-28-34(22,23)31-10-8(20)7(19)9(21)11(32-35(24,25)29-2-5(15)16)12(10)33-36(26,27)30-3-6(17)18/h7-12,19-21H,1-3H2,(H,13,14)(H,15,16)(H,17,18)(H,22,23)(H,24,25)(H,26,27)/t7?,8-,9+,10-,11-,12?/m0/s1. The molecule has 5 unspecified atom stereocenters. The van der Waals surface area contributed by atoms with Crippen LogP contribution in [0.3, 0.4) is 0 Å². The highest BCUT2D eigenvalue weighted by molar-refractivity contribution is 7.48. The van der Waals surface area contributed by atoms with Crippen molar-refractivity contribution < 1.29 is 101 Å². The van der Waals surface area contributed by atoms with Gasteiger partial charge in [0.15, 0.2) is 19.8 Å². The number of carboxylic acids is 3. The lowest BCUT2D eigenvalue weighted by Gasteiger charge is -2.45.